The van der Waals surface area contributed by atoms with Crippen molar-refractivity contribution in [1.29, 1.82) is 0 Å². The molecular weight excluding hydrogens is 282 g/mol. The first kappa shape index (κ1) is 15.6. The standard InChI is InChI=1S/C18H20ClNO/c1-3-13(2)14-9-11-16(12-10-14)20-18(21)17(19)15-7-5-4-6-8-15/h4-13,17H,3H2,1-2H3,(H,20,21). The molecule has 1 amide bonds. The maximum Gasteiger partial charge on any atom is 0.246 e. The van der Waals surface area contributed by atoms with Gasteiger partial charge >= 0.3 is 0 Å². The summed E-state index contributed by atoms with van der Waals surface area (Å²) in [6.07, 6.45) is 1.10. The van der Waals surface area contributed by atoms with E-state index in [0.717, 1.165) is 17.7 Å². The minimum absolute atomic E-state index is 0.209. The SMILES string of the molecule is CCC(C)c1ccc(NC(=O)C(Cl)c2ccccc2)cc1. The van der Waals surface area contributed by atoms with Gasteiger partial charge in [0.15, 0.2) is 0 Å². The molecule has 0 spiro atoms. The number of halogens is 1. The summed E-state index contributed by atoms with van der Waals surface area (Å²) in [4.78, 5) is 12.1. The highest BCUT2D eigenvalue weighted by atomic mass is 35.5. The number of alkyl halides is 1. The van der Waals surface area contributed by atoms with E-state index in [-0.39, 0.29) is 5.91 Å². The van der Waals surface area contributed by atoms with Crippen molar-refractivity contribution in [3.63, 3.8) is 0 Å². The van der Waals surface area contributed by atoms with Crippen LogP contribution in [-0.2, 0) is 4.79 Å². The van der Waals surface area contributed by atoms with Gasteiger partial charge < -0.3 is 5.32 Å². The van der Waals surface area contributed by atoms with Crippen LogP contribution < -0.4 is 5.32 Å². The molecule has 0 heterocycles. The third-order valence-electron chi connectivity index (χ3n) is 3.68. The Balaban J connectivity index is 2.03. The summed E-state index contributed by atoms with van der Waals surface area (Å²) < 4.78 is 0. The quantitative estimate of drug-likeness (QED) is 0.763. The second-order valence-electron chi connectivity index (χ2n) is 5.19. The number of anilines is 1. The highest BCUT2D eigenvalue weighted by molar-refractivity contribution is 6.32. The van der Waals surface area contributed by atoms with Crippen molar-refractivity contribution < 1.29 is 4.79 Å². The van der Waals surface area contributed by atoms with Crippen molar-refractivity contribution in [2.45, 2.75) is 31.6 Å². The maximum atomic E-state index is 12.1. The summed E-state index contributed by atoms with van der Waals surface area (Å²) in [7, 11) is 0. The van der Waals surface area contributed by atoms with Crippen LogP contribution in [0.25, 0.3) is 0 Å². The van der Waals surface area contributed by atoms with Gasteiger partial charge in [-0.3, -0.25) is 4.79 Å². The van der Waals surface area contributed by atoms with Gasteiger partial charge in [0.05, 0.1) is 0 Å². The smallest absolute Gasteiger partial charge is 0.246 e. The Morgan fingerprint density at radius 3 is 2.24 bits per heavy atom. The number of carbonyl (C=O) groups is 1. The predicted octanol–water partition coefficient (Wildman–Crippen LogP) is 5.12. The molecule has 0 aromatic heterocycles. The molecule has 0 saturated carbocycles. The highest BCUT2D eigenvalue weighted by Crippen LogP contribution is 2.24. The third-order valence-corrected chi connectivity index (χ3v) is 4.13. The van der Waals surface area contributed by atoms with Crippen LogP contribution in [0, 0.1) is 0 Å². The third kappa shape index (κ3) is 4.08. The van der Waals surface area contributed by atoms with Gasteiger partial charge in [0.2, 0.25) is 5.91 Å². The van der Waals surface area contributed by atoms with Crippen molar-refractivity contribution in [3.05, 3.63) is 65.7 Å². The lowest BCUT2D eigenvalue weighted by Crippen LogP contribution is -2.17. The van der Waals surface area contributed by atoms with Gasteiger partial charge in [-0.1, -0.05) is 56.3 Å². The Bertz CT molecular complexity index is 580. The summed E-state index contributed by atoms with van der Waals surface area (Å²) in [5.74, 6) is 0.319. The Kier molecular flexibility index (Phi) is 5.40. The Morgan fingerprint density at radius 1 is 1.05 bits per heavy atom. The van der Waals surface area contributed by atoms with Crippen LogP contribution in [-0.4, -0.2) is 5.91 Å². The van der Waals surface area contributed by atoms with Crippen LogP contribution >= 0.6 is 11.6 Å². The molecule has 0 saturated heterocycles. The first-order valence-electron chi connectivity index (χ1n) is 7.21. The van der Waals surface area contributed by atoms with E-state index in [0.29, 0.717) is 5.92 Å². The Hall–Kier alpha value is -1.80. The van der Waals surface area contributed by atoms with Gasteiger partial charge in [-0.25, -0.2) is 0 Å². The van der Waals surface area contributed by atoms with E-state index in [2.05, 4.69) is 31.3 Å². The summed E-state index contributed by atoms with van der Waals surface area (Å²) in [5.41, 5.74) is 2.85. The van der Waals surface area contributed by atoms with Gasteiger partial charge in [0.1, 0.15) is 5.38 Å². The summed E-state index contributed by atoms with van der Waals surface area (Å²) >= 11 is 6.20. The predicted molar refractivity (Wildman–Crippen MR) is 88.8 cm³/mol. The van der Waals surface area contributed by atoms with Crippen LogP contribution in [0.3, 0.4) is 0 Å². The zero-order chi connectivity index (χ0) is 15.2. The van der Waals surface area contributed by atoms with E-state index in [1.165, 1.54) is 5.56 Å². The zero-order valence-electron chi connectivity index (χ0n) is 12.3. The van der Waals surface area contributed by atoms with Crippen LogP contribution in [0.2, 0.25) is 0 Å². The second kappa shape index (κ2) is 7.28. The van der Waals surface area contributed by atoms with Gasteiger partial charge in [-0.15, -0.1) is 11.6 Å². The van der Waals surface area contributed by atoms with Gasteiger partial charge in [0, 0.05) is 5.69 Å². The largest absolute Gasteiger partial charge is 0.325 e. The molecule has 0 fully saturated rings. The minimum Gasteiger partial charge on any atom is -0.325 e. The van der Waals surface area contributed by atoms with E-state index in [4.69, 9.17) is 11.6 Å². The molecule has 0 aliphatic rings. The van der Waals surface area contributed by atoms with E-state index in [1.54, 1.807) is 0 Å². The Morgan fingerprint density at radius 2 is 1.67 bits per heavy atom. The number of amides is 1. The molecule has 2 aromatic carbocycles. The van der Waals surface area contributed by atoms with E-state index >= 15 is 0 Å². The van der Waals surface area contributed by atoms with Crippen molar-refractivity contribution in [2.24, 2.45) is 0 Å². The molecule has 2 atom stereocenters. The van der Waals surface area contributed by atoms with Crippen LogP contribution in [0.15, 0.2) is 54.6 Å². The molecule has 0 aliphatic heterocycles. The monoisotopic (exact) mass is 301 g/mol. The molecular formula is C18H20ClNO. The Labute approximate surface area is 131 Å². The molecule has 1 N–H and O–H groups in total. The van der Waals surface area contributed by atoms with Crippen molar-refractivity contribution in [1.82, 2.24) is 0 Å². The number of rotatable bonds is 5. The fourth-order valence-electron chi connectivity index (χ4n) is 2.11. The summed E-state index contributed by atoms with van der Waals surface area (Å²) in [5, 5.41) is 2.17. The van der Waals surface area contributed by atoms with Crippen molar-refractivity contribution >= 4 is 23.2 Å². The zero-order valence-corrected chi connectivity index (χ0v) is 13.1. The fraction of sp³-hybridized carbons (Fsp3) is 0.278. The molecule has 2 unspecified atom stereocenters. The van der Waals surface area contributed by atoms with Crippen LogP contribution in [0.1, 0.15) is 42.7 Å². The number of hydrogen-bond donors (Lipinski definition) is 1. The average molecular weight is 302 g/mol. The van der Waals surface area contributed by atoms with Gasteiger partial charge in [-0.05, 0) is 35.6 Å². The molecule has 2 aromatic rings. The summed E-state index contributed by atoms with van der Waals surface area (Å²) in [6.45, 7) is 4.36. The average Bonchev–Trinajstić information content (AvgIpc) is 2.55. The number of benzene rings is 2. The highest BCUT2D eigenvalue weighted by Gasteiger charge is 2.17. The lowest BCUT2D eigenvalue weighted by molar-refractivity contribution is -0.116. The number of carbonyl (C=O) groups excluding carboxylic acids is 1. The molecule has 110 valence electrons. The van der Waals surface area contributed by atoms with Crippen LogP contribution in [0.4, 0.5) is 5.69 Å². The van der Waals surface area contributed by atoms with Gasteiger partial charge in [-0.2, -0.15) is 0 Å². The maximum absolute atomic E-state index is 12.1. The topological polar surface area (TPSA) is 29.1 Å². The molecule has 21 heavy (non-hydrogen) atoms. The molecule has 0 aliphatic carbocycles. The first-order valence-corrected chi connectivity index (χ1v) is 7.65. The lowest BCUT2D eigenvalue weighted by Gasteiger charge is -2.13. The fourth-order valence-corrected chi connectivity index (χ4v) is 2.31. The minimum atomic E-state index is -0.680. The van der Waals surface area contributed by atoms with Crippen molar-refractivity contribution in [2.75, 3.05) is 5.32 Å². The number of hydrogen-bond acceptors (Lipinski definition) is 1. The first-order chi connectivity index (χ1) is 10.1. The lowest BCUT2D eigenvalue weighted by atomic mass is 9.98. The molecule has 2 rings (SSSR count). The molecule has 2 nitrogen and oxygen atoms in total. The van der Waals surface area contributed by atoms with E-state index in [1.807, 2.05) is 42.5 Å². The second-order valence-corrected chi connectivity index (χ2v) is 5.63. The molecule has 0 bridgehead atoms. The van der Waals surface area contributed by atoms with E-state index < -0.39 is 5.38 Å². The van der Waals surface area contributed by atoms with Crippen molar-refractivity contribution in [3.8, 4) is 0 Å². The summed E-state index contributed by atoms with van der Waals surface area (Å²) in [6, 6.07) is 17.3. The number of nitrogens with one attached hydrogen (secondary N) is 1. The normalized spacial score (nSPS) is 13.5. The molecule has 3 heteroatoms. The molecule has 0 radical (unpaired) electrons. The van der Waals surface area contributed by atoms with E-state index in [9.17, 15) is 4.79 Å². The van der Waals surface area contributed by atoms with Gasteiger partial charge in [0.25, 0.3) is 0 Å². The van der Waals surface area contributed by atoms with Crippen LogP contribution in [0.5, 0.6) is 0 Å².